The molecule has 0 aliphatic rings. The summed E-state index contributed by atoms with van der Waals surface area (Å²) in [7, 11) is -8.37. The molecule has 0 aliphatic carbocycles. The Hall–Kier alpha value is 1.52. The molecule has 11 heteroatoms. The van der Waals surface area contributed by atoms with Gasteiger partial charge in [-0.05, 0) is 72.1 Å². The summed E-state index contributed by atoms with van der Waals surface area (Å²) >= 11 is 8.58. The summed E-state index contributed by atoms with van der Waals surface area (Å²) < 4.78 is 54.1. The van der Waals surface area contributed by atoms with Crippen LogP contribution in [0.25, 0.3) is 0 Å². The van der Waals surface area contributed by atoms with E-state index < -0.39 is 26.3 Å². The van der Waals surface area contributed by atoms with Gasteiger partial charge in [0.25, 0.3) is 0 Å². The second kappa shape index (κ2) is 6.52. The van der Waals surface area contributed by atoms with Crippen LogP contribution in [0.1, 0.15) is 0 Å². The summed E-state index contributed by atoms with van der Waals surface area (Å²) in [6.07, 6.45) is 0. The number of sulfone groups is 1. The normalized spacial score (nSPS) is 12.9. The van der Waals surface area contributed by atoms with E-state index >= 15 is 0 Å². The predicted octanol–water partition coefficient (Wildman–Crippen LogP) is -0.836. The molecule has 0 bridgehead atoms. The van der Waals surface area contributed by atoms with Gasteiger partial charge in [0.05, 0.1) is 9.79 Å². The minimum atomic E-state index is -4.58. The molecule has 0 aliphatic heterocycles. The van der Waals surface area contributed by atoms with Crippen LogP contribution in [0.5, 0.6) is 0 Å². The molecule has 1 rings (SSSR count). The van der Waals surface area contributed by atoms with Crippen LogP contribution in [-0.4, -0.2) is 22.9 Å². The first-order valence-electron chi connectivity index (χ1n) is 3.83. The van der Waals surface area contributed by atoms with Crippen molar-refractivity contribution >= 4 is 67.7 Å². The monoisotopic (exact) mass is 492 g/mol. The van der Waals surface area contributed by atoms with Crippen LogP contribution in [0.4, 0.5) is 0 Å². The third-order valence-corrected chi connectivity index (χ3v) is 7.91. The number of halogens is 3. The molecular weight excluding hydrogens is 491 g/mol. The molecule has 0 saturated carbocycles. The molecule has 0 fully saturated rings. The van der Waals surface area contributed by atoms with Crippen LogP contribution in [0.2, 0.25) is 0 Å². The third-order valence-electron chi connectivity index (χ3n) is 1.73. The molecule has 0 atom stereocenters. The van der Waals surface area contributed by atoms with Crippen molar-refractivity contribution in [1.82, 2.24) is 0 Å². The zero-order chi connectivity index (χ0) is 13.5. The van der Waals surface area contributed by atoms with E-state index in [9.17, 15) is 21.4 Å². The smallest absolute Gasteiger partial charge is 0.744 e. The maximum Gasteiger partial charge on any atom is 1.00 e. The molecule has 1 aromatic rings. The van der Waals surface area contributed by atoms with Crippen LogP contribution >= 0.6 is 47.8 Å². The number of hydrogen-bond acceptors (Lipinski definition) is 5. The average Bonchev–Trinajstić information content (AvgIpc) is 2.15. The number of hydrogen-bond donors (Lipinski definition) is 0. The zero-order valence-electron chi connectivity index (χ0n) is 8.80. The van der Waals surface area contributed by atoms with Crippen molar-refractivity contribution in [3.8, 4) is 0 Å². The Kier molecular flexibility index (Phi) is 7.07. The minimum Gasteiger partial charge on any atom is -0.744 e. The molecule has 5 nitrogen and oxygen atoms in total. The van der Waals surface area contributed by atoms with Crippen molar-refractivity contribution in [1.29, 1.82) is 0 Å². The van der Waals surface area contributed by atoms with Crippen molar-refractivity contribution < 1.29 is 50.9 Å². The van der Waals surface area contributed by atoms with E-state index in [0.717, 1.165) is 24.3 Å². The summed E-state index contributed by atoms with van der Waals surface area (Å²) in [5.41, 5.74) is 0. The van der Waals surface area contributed by atoms with E-state index in [1.807, 2.05) is 0 Å². The first-order chi connectivity index (χ1) is 7.46. The summed E-state index contributed by atoms with van der Waals surface area (Å²) in [6, 6.07) is 3.96. The fraction of sp³-hybridized carbons (Fsp3) is 0.143. The van der Waals surface area contributed by atoms with Crippen LogP contribution in [0, 0.1) is 0 Å². The maximum absolute atomic E-state index is 11.8. The molecule has 18 heavy (non-hydrogen) atoms. The first kappa shape index (κ1) is 19.5. The van der Waals surface area contributed by atoms with Gasteiger partial charge in [-0.1, -0.05) is 0 Å². The van der Waals surface area contributed by atoms with Crippen LogP contribution in [0.15, 0.2) is 34.1 Å². The van der Waals surface area contributed by atoms with Gasteiger partial charge in [-0.2, -0.15) is 0 Å². The molecule has 0 spiro atoms. The summed E-state index contributed by atoms with van der Waals surface area (Å²) in [5, 5.41) is 0. The third kappa shape index (κ3) is 4.52. The Labute approximate surface area is 152 Å². The van der Waals surface area contributed by atoms with Crippen molar-refractivity contribution in [2.45, 2.75) is 11.3 Å². The van der Waals surface area contributed by atoms with E-state index in [1.165, 1.54) is 0 Å². The quantitative estimate of drug-likeness (QED) is 0.304. The van der Waals surface area contributed by atoms with Gasteiger partial charge in [0.1, 0.15) is 10.1 Å². The van der Waals surface area contributed by atoms with Gasteiger partial charge in [0.2, 0.25) is 11.3 Å². The summed E-state index contributed by atoms with van der Waals surface area (Å²) in [5.74, 6) is 0. The number of benzene rings is 1. The van der Waals surface area contributed by atoms with Crippen molar-refractivity contribution in [2.24, 2.45) is 0 Å². The standard InChI is InChI=1S/C7H5Br3O5S2.Na/c8-7(9,10)16(11,12)5-1-3-6(4-2-5)17(13,14)15;/h1-4H,(H,13,14,15);/q;+1/p-1. The molecule has 96 valence electrons. The Balaban J connectivity index is 0.00000289. The minimum absolute atomic E-state index is 0. The molecule has 0 N–H and O–H groups in total. The van der Waals surface area contributed by atoms with Gasteiger partial charge in [-0.15, -0.1) is 0 Å². The number of rotatable bonds is 2. The Morgan fingerprint density at radius 3 is 1.50 bits per heavy atom. The van der Waals surface area contributed by atoms with Gasteiger partial charge in [-0.25, -0.2) is 16.8 Å². The molecule has 0 unspecified atom stereocenters. The van der Waals surface area contributed by atoms with Gasteiger partial charge in [0, 0.05) is 0 Å². The van der Waals surface area contributed by atoms with Crippen LogP contribution in [-0.2, 0) is 20.0 Å². The Morgan fingerprint density at radius 2 is 1.22 bits per heavy atom. The second-order valence-electron chi connectivity index (χ2n) is 2.87. The molecule has 0 radical (unpaired) electrons. The van der Waals surface area contributed by atoms with Crippen molar-refractivity contribution in [3.63, 3.8) is 0 Å². The van der Waals surface area contributed by atoms with E-state index in [0.29, 0.717) is 0 Å². The van der Waals surface area contributed by atoms with Crippen LogP contribution < -0.4 is 29.6 Å². The predicted molar refractivity (Wildman–Crippen MR) is 71.1 cm³/mol. The molecule has 0 heterocycles. The van der Waals surface area contributed by atoms with E-state index in [2.05, 4.69) is 47.8 Å². The van der Waals surface area contributed by atoms with Crippen molar-refractivity contribution in [3.05, 3.63) is 24.3 Å². The molecule has 0 amide bonds. The maximum atomic E-state index is 11.8. The Morgan fingerprint density at radius 1 is 0.889 bits per heavy atom. The van der Waals surface area contributed by atoms with E-state index in [4.69, 9.17) is 0 Å². The SMILES string of the molecule is O=S(=O)([O-])c1ccc(S(=O)(=O)C(Br)(Br)Br)cc1.[Na+]. The zero-order valence-corrected chi connectivity index (χ0v) is 17.2. The van der Waals surface area contributed by atoms with Gasteiger partial charge < -0.3 is 4.55 Å². The number of alkyl halides is 3. The second-order valence-corrected chi connectivity index (χ2v) is 14.7. The summed E-state index contributed by atoms with van der Waals surface area (Å²) in [6.45, 7) is 0. The van der Waals surface area contributed by atoms with E-state index in [-0.39, 0.29) is 34.5 Å². The Bertz CT molecular complexity index is 618. The fourth-order valence-corrected chi connectivity index (χ4v) is 3.83. The van der Waals surface area contributed by atoms with E-state index in [1.54, 1.807) is 0 Å². The average molecular weight is 495 g/mol. The van der Waals surface area contributed by atoms with Gasteiger partial charge in [0.15, 0.2) is 0 Å². The van der Waals surface area contributed by atoms with Crippen molar-refractivity contribution in [2.75, 3.05) is 0 Å². The fourth-order valence-electron chi connectivity index (χ4n) is 0.919. The molecular formula is C7H4Br3NaO5S2. The van der Waals surface area contributed by atoms with Gasteiger partial charge in [-0.3, -0.25) is 0 Å². The van der Waals surface area contributed by atoms with Crippen LogP contribution in [0.3, 0.4) is 0 Å². The summed E-state index contributed by atoms with van der Waals surface area (Å²) in [4.78, 5) is -0.628. The molecule has 1 aromatic carbocycles. The molecule has 0 aromatic heterocycles. The largest absolute Gasteiger partial charge is 1.00 e. The first-order valence-corrected chi connectivity index (χ1v) is 9.10. The molecule has 0 saturated heterocycles. The topological polar surface area (TPSA) is 91.3 Å². The van der Waals surface area contributed by atoms with Gasteiger partial charge >= 0.3 is 29.6 Å².